The van der Waals surface area contributed by atoms with Crippen molar-refractivity contribution in [2.75, 3.05) is 23.3 Å². The molecule has 0 spiro atoms. The maximum absolute atomic E-state index is 12.7. The van der Waals surface area contributed by atoms with Crippen LogP contribution in [0.1, 0.15) is 16.8 Å². The number of aryl methyl sites for hydroxylation is 2. The quantitative estimate of drug-likeness (QED) is 0.651. The number of nitrogens with one attached hydrogen (secondary N) is 1. The number of anilines is 2. The van der Waals surface area contributed by atoms with Crippen LogP contribution in [0.15, 0.2) is 53.4 Å². The van der Waals surface area contributed by atoms with Crippen LogP contribution in [0.5, 0.6) is 0 Å². The number of benzene rings is 2. The van der Waals surface area contributed by atoms with Gasteiger partial charge in [-0.25, -0.2) is 18.2 Å². The Bertz CT molecular complexity index is 1220. The number of primary sulfonamides is 1. The molecule has 1 amide bonds. The SMILES string of the molecule is Cc1ccc(-n2nc(C)cc2NC(=O)CN2CCc3cc(S(N)(=O)=O)ccc32)cc1. The summed E-state index contributed by atoms with van der Waals surface area (Å²) >= 11 is 0. The molecule has 1 aliphatic heterocycles. The Balaban J connectivity index is 1.50. The van der Waals surface area contributed by atoms with Crippen molar-refractivity contribution in [3.8, 4) is 5.69 Å². The van der Waals surface area contributed by atoms with Crippen LogP contribution in [-0.2, 0) is 21.2 Å². The van der Waals surface area contributed by atoms with Gasteiger partial charge in [0.1, 0.15) is 5.82 Å². The first kappa shape index (κ1) is 20.1. The van der Waals surface area contributed by atoms with Crippen molar-refractivity contribution in [2.45, 2.75) is 25.2 Å². The second kappa shape index (κ2) is 7.58. The van der Waals surface area contributed by atoms with Crippen molar-refractivity contribution in [2.24, 2.45) is 5.14 Å². The molecule has 9 heteroatoms. The molecule has 30 heavy (non-hydrogen) atoms. The molecule has 0 saturated carbocycles. The van der Waals surface area contributed by atoms with E-state index in [9.17, 15) is 13.2 Å². The van der Waals surface area contributed by atoms with Gasteiger partial charge in [0.25, 0.3) is 0 Å². The van der Waals surface area contributed by atoms with Crippen LogP contribution < -0.4 is 15.4 Å². The third kappa shape index (κ3) is 4.07. The summed E-state index contributed by atoms with van der Waals surface area (Å²) in [6.07, 6.45) is 0.659. The zero-order valence-electron chi connectivity index (χ0n) is 16.8. The molecule has 0 saturated heterocycles. The van der Waals surface area contributed by atoms with Gasteiger partial charge in [0.15, 0.2) is 0 Å². The van der Waals surface area contributed by atoms with Crippen LogP contribution in [0.3, 0.4) is 0 Å². The van der Waals surface area contributed by atoms with Crippen LogP contribution in [0.4, 0.5) is 11.5 Å². The summed E-state index contributed by atoms with van der Waals surface area (Å²) in [7, 11) is -3.74. The van der Waals surface area contributed by atoms with Gasteiger partial charge in [0.2, 0.25) is 15.9 Å². The predicted molar refractivity (Wildman–Crippen MR) is 115 cm³/mol. The number of carbonyl (C=O) groups is 1. The van der Waals surface area contributed by atoms with E-state index in [4.69, 9.17) is 5.14 Å². The largest absolute Gasteiger partial charge is 0.362 e. The van der Waals surface area contributed by atoms with Gasteiger partial charge < -0.3 is 10.2 Å². The van der Waals surface area contributed by atoms with E-state index in [2.05, 4.69) is 10.4 Å². The highest BCUT2D eigenvalue weighted by Gasteiger charge is 2.23. The maximum atomic E-state index is 12.7. The molecule has 8 nitrogen and oxygen atoms in total. The van der Waals surface area contributed by atoms with Gasteiger partial charge in [-0.3, -0.25) is 4.79 Å². The van der Waals surface area contributed by atoms with Crippen molar-refractivity contribution < 1.29 is 13.2 Å². The molecule has 3 N–H and O–H groups in total. The third-order valence-corrected chi connectivity index (χ3v) is 5.99. The maximum Gasteiger partial charge on any atom is 0.245 e. The molecule has 4 rings (SSSR count). The van der Waals surface area contributed by atoms with E-state index in [-0.39, 0.29) is 17.3 Å². The minimum absolute atomic E-state index is 0.0880. The molecule has 1 aromatic heterocycles. The number of carbonyl (C=O) groups excluding carboxylic acids is 1. The zero-order valence-corrected chi connectivity index (χ0v) is 17.6. The summed E-state index contributed by atoms with van der Waals surface area (Å²) in [6, 6.07) is 14.5. The number of amides is 1. The number of nitrogens with zero attached hydrogens (tertiary/aromatic N) is 3. The number of hydrogen-bond acceptors (Lipinski definition) is 5. The summed E-state index contributed by atoms with van der Waals surface area (Å²) in [5, 5.41) is 12.6. The number of aromatic nitrogens is 2. The summed E-state index contributed by atoms with van der Waals surface area (Å²) in [5.74, 6) is 0.428. The van der Waals surface area contributed by atoms with Gasteiger partial charge in [-0.2, -0.15) is 5.10 Å². The number of nitrogens with two attached hydrogens (primary N) is 1. The molecule has 0 radical (unpaired) electrons. The van der Waals surface area contributed by atoms with Gasteiger partial charge in [-0.15, -0.1) is 0 Å². The lowest BCUT2D eigenvalue weighted by molar-refractivity contribution is -0.115. The van der Waals surface area contributed by atoms with Crippen LogP contribution in [0.2, 0.25) is 0 Å². The van der Waals surface area contributed by atoms with E-state index in [1.165, 1.54) is 6.07 Å². The van der Waals surface area contributed by atoms with Gasteiger partial charge in [0.05, 0.1) is 22.8 Å². The highest BCUT2D eigenvalue weighted by Crippen LogP contribution is 2.29. The highest BCUT2D eigenvalue weighted by molar-refractivity contribution is 7.89. The Kier molecular flexibility index (Phi) is 5.08. The standard InChI is InChI=1S/C21H23N5O3S/c1-14-3-5-17(6-4-14)26-20(11-15(2)24-26)23-21(27)13-25-10-9-16-12-18(30(22,28)29)7-8-19(16)25/h3-8,11-12H,9-10,13H2,1-2H3,(H,23,27)(H2,22,28,29). The smallest absolute Gasteiger partial charge is 0.245 e. The van der Waals surface area contributed by atoms with Gasteiger partial charge in [-0.05, 0) is 56.2 Å². The van der Waals surface area contributed by atoms with E-state index in [1.807, 2.05) is 49.1 Å². The first-order chi connectivity index (χ1) is 14.2. The van der Waals surface area contributed by atoms with Crippen LogP contribution in [0, 0.1) is 13.8 Å². The third-order valence-electron chi connectivity index (χ3n) is 5.08. The zero-order chi connectivity index (χ0) is 21.5. The summed E-state index contributed by atoms with van der Waals surface area (Å²) in [6.45, 7) is 4.67. The number of hydrogen-bond donors (Lipinski definition) is 2. The predicted octanol–water partition coefficient (Wildman–Crippen LogP) is 2.14. The first-order valence-electron chi connectivity index (χ1n) is 9.55. The minimum atomic E-state index is -3.74. The van der Waals surface area contributed by atoms with Gasteiger partial charge >= 0.3 is 0 Å². The normalized spacial score (nSPS) is 13.4. The summed E-state index contributed by atoms with van der Waals surface area (Å²) < 4.78 is 24.8. The van der Waals surface area contributed by atoms with E-state index >= 15 is 0 Å². The topological polar surface area (TPSA) is 110 Å². The van der Waals surface area contributed by atoms with Crippen molar-refractivity contribution in [3.05, 3.63) is 65.4 Å². The number of fused-ring (bicyclic) bond motifs is 1. The second-order valence-electron chi connectivity index (χ2n) is 7.47. The fraction of sp³-hybridized carbons (Fsp3) is 0.238. The van der Waals surface area contributed by atoms with E-state index in [0.29, 0.717) is 18.8 Å². The number of rotatable bonds is 5. The fourth-order valence-electron chi connectivity index (χ4n) is 3.61. The lowest BCUT2D eigenvalue weighted by atomic mass is 10.2. The lowest BCUT2D eigenvalue weighted by Crippen LogP contribution is -2.32. The van der Waals surface area contributed by atoms with E-state index in [0.717, 1.165) is 28.2 Å². The minimum Gasteiger partial charge on any atom is -0.362 e. The van der Waals surface area contributed by atoms with Crippen molar-refractivity contribution in [3.63, 3.8) is 0 Å². The van der Waals surface area contributed by atoms with E-state index in [1.54, 1.807) is 16.8 Å². The van der Waals surface area contributed by atoms with Crippen molar-refractivity contribution in [1.82, 2.24) is 9.78 Å². The summed E-state index contributed by atoms with van der Waals surface area (Å²) in [5.41, 5.74) is 4.53. The molecule has 156 valence electrons. The molecule has 3 aromatic rings. The Morgan fingerprint density at radius 1 is 1.13 bits per heavy atom. The fourth-order valence-corrected chi connectivity index (χ4v) is 4.18. The Morgan fingerprint density at radius 2 is 1.87 bits per heavy atom. The van der Waals surface area contributed by atoms with E-state index < -0.39 is 10.0 Å². The van der Waals surface area contributed by atoms with Crippen molar-refractivity contribution in [1.29, 1.82) is 0 Å². The molecule has 0 bridgehead atoms. The molecule has 2 heterocycles. The molecule has 0 aliphatic carbocycles. The monoisotopic (exact) mass is 425 g/mol. The van der Waals surface area contributed by atoms with Crippen LogP contribution in [-0.4, -0.2) is 37.2 Å². The Morgan fingerprint density at radius 3 is 2.57 bits per heavy atom. The van der Waals surface area contributed by atoms with Gasteiger partial charge in [-0.1, -0.05) is 17.7 Å². The van der Waals surface area contributed by atoms with Crippen LogP contribution in [0.25, 0.3) is 5.69 Å². The summed E-state index contributed by atoms with van der Waals surface area (Å²) in [4.78, 5) is 14.8. The van der Waals surface area contributed by atoms with Crippen molar-refractivity contribution >= 4 is 27.4 Å². The highest BCUT2D eigenvalue weighted by atomic mass is 32.2. The molecular formula is C21H23N5O3S. The molecule has 1 aliphatic rings. The molecule has 0 atom stereocenters. The molecule has 2 aromatic carbocycles. The molecule has 0 unspecified atom stereocenters. The molecular weight excluding hydrogens is 402 g/mol. The lowest BCUT2D eigenvalue weighted by Gasteiger charge is -2.19. The molecule has 0 fully saturated rings. The average Bonchev–Trinajstić information content (AvgIpc) is 3.24. The average molecular weight is 426 g/mol. The first-order valence-corrected chi connectivity index (χ1v) is 11.1. The van der Waals surface area contributed by atoms with Gasteiger partial charge in [0, 0.05) is 18.3 Å². The van der Waals surface area contributed by atoms with Crippen LogP contribution >= 0.6 is 0 Å². The Hall–Kier alpha value is -3.17. The Labute approximate surface area is 175 Å². The number of sulfonamides is 1. The second-order valence-corrected chi connectivity index (χ2v) is 9.03.